The van der Waals surface area contributed by atoms with Crippen LogP contribution in [0.4, 0.5) is 26.3 Å². The first-order valence-electron chi connectivity index (χ1n) is 16.5. The van der Waals surface area contributed by atoms with Crippen molar-refractivity contribution in [3.8, 4) is 0 Å². The van der Waals surface area contributed by atoms with E-state index in [0.29, 0.717) is 65.6 Å². The summed E-state index contributed by atoms with van der Waals surface area (Å²) >= 11 is 0. The molecule has 2 aliphatic carbocycles. The standard InChI is InChI=1S/C40H22F6N4O2/c41-39(42,43)23-7-1-19(2-8-23)21-5-15-29-31(17-21)49-35(47-29)25-11-14-28-34-26(12-13-27(33(25)34)37(49)51)36-48-30-16-6-22(18-32(30)50(36)38(28)52)20-3-9-24(10-4-20)40(44,45)46/h1-18,29-32H. The van der Waals surface area contributed by atoms with Gasteiger partial charge in [0.2, 0.25) is 0 Å². The van der Waals surface area contributed by atoms with Crippen molar-refractivity contribution >= 4 is 43.5 Å². The third kappa shape index (κ3) is 4.26. The van der Waals surface area contributed by atoms with Crippen molar-refractivity contribution in [3.05, 3.63) is 163 Å². The number of pyridine rings is 2. The third-order valence-electron chi connectivity index (χ3n) is 10.6. The fourth-order valence-corrected chi connectivity index (χ4v) is 8.13. The lowest BCUT2D eigenvalue weighted by atomic mass is 9.93. The molecule has 256 valence electrons. The van der Waals surface area contributed by atoms with Gasteiger partial charge in [0.05, 0.1) is 35.3 Å². The SMILES string of the molecule is O=c1c2ccc3c4n(c(=O)c5ccc(c6n1C1C=C(c7ccc(C(F)(F)F)cc7)C=CC1N=6)c2c53)C1C=C(c2ccc(C(F)(F)F)cc2)C=CC1N=4. The Balaban J connectivity index is 1.10. The van der Waals surface area contributed by atoms with Crippen molar-refractivity contribution in [1.29, 1.82) is 0 Å². The Bertz CT molecular complexity index is 2730. The quantitative estimate of drug-likeness (QED) is 0.140. The Hall–Kier alpha value is -6.04. The average molecular weight is 705 g/mol. The topological polar surface area (TPSA) is 68.7 Å². The summed E-state index contributed by atoms with van der Waals surface area (Å²) in [7, 11) is 0. The van der Waals surface area contributed by atoms with Crippen molar-refractivity contribution in [3.63, 3.8) is 0 Å². The summed E-state index contributed by atoms with van der Waals surface area (Å²) in [5.74, 6) is 0. The molecule has 4 aromatic carbocycles. The molecule has 4 heterocycles. The lowest BCUT2D eigenvalue weighted by Crippen LogP contribution is -2.36. The van der Waals surface area contributed by atoms with Crippen molar-refractivity contribution in [2.45, 2.75) is 36.5 Å². The first-order chi connectivity index (χ1) is 24.9. The second-order valence-electron chi connectivity index (χ2n) is 13.4. The van der Waals surface area contributed by atoms with E-state index in [1.165, 1.54) is 24.3 Å². The van der Waals surface area contributed by atoms with Gasteiger partial charge in [-0.3, -0.25) is 28.7 Å². The predicted octanol–water partition coefficient (Wildman–Crippen LogP) is 7.34. The van der Waals surface area contributed by atoms with E-state index < -0.39 is 47.6 Å². The number of aromatic nitrogens is 2. The van der Waals surface area contributed by atoms with E-state index >= 15 is 0 Å². The van der Waals surface area contributed by atoms with Gasteiger partial charge in [-0.1, -0.05) is 60.7 Å². The molecule has 4 unspecified atom stereocenters. The second-order valence-corrected chi connectivity index (χ2v) is 13.4. The zero-order chi connectivity index (χ0) is 35.8. The molecule has 6 nitrogen and oxygen atoms in total. The van der Waals surface area contributed by atoms with Gasteiger partial charge < -0.3 is 0 Å². The molecule has 0 amide bonds. The van der Waals surface area contributed by atoms with Crippen molar-refractivity contribution < 1.29 is 26.3 Å². The molecule has 0 N–H and O–H groups in total. The molecule has 52 heavy (non-hydrogen) atoms. The summed E-state index contributed by atoms with van der Waals surface area (Å²) < 4.78 is 82.3. The smallest absolute Gasteiger partial charge is 0.283 e. The Labute approximate surface area is 288 Å². The summed E-state index contributed by atoms with van der Waals surface area (Å²) in [4.78, 5) is 38.4. The molecular weight excluding hydrogens is 682 g/mol. The largest absolute Gasteiger partial charge is 0.416 e. The highest BCUT2D eigenvalue weighted by Gasteiger charge is 2.36. The number of fused-ring (bicyclic) bond motifs is 8. The molecule has 10 rings (SSSR count). The zero-order valence-electron chi connectivity index (χ0n) is 26.6. The third-order valence-corrected chi connectivity index (χ3v) is 10.6. The first kappa shape index (κ1) is 30.8. The van der Waals surface area contributed by atoms with Crippen LogP contribution in [0.1, 0.15) is 34.3 Å². The lowest BCUT2D eigenvalue weighted by Gasteiger charge is -2.22. The van der Waals surface area contributed by atoms with E-state index in [0.717, 1.165) is 24.3 Å². The van der Waals surface area contributed by atoms with Crippen LogP contribution in [0.5, 0.6) is 0 Å². The number of rotatable bonds is 2. The molecule has 0 spiro atoms. The number of hydrogen-bond acceptors (Lipinski definition) is 4. The normalized spacial score (nSPS) is 21.8. The average Bonchev–Trinajstić information content (AvgIpc) is 3.71. The summed E-state index contributed by atoms with van der Waals surface area (Å²) in [6.45, 7) is 0. The van der Waals surface area contributed by atoms with E-state index in [9.17, 15) is 35.9 Å². The maximum absolute atomic E-state index is 14.3. The maximum Gasteiger partial charge on any atom is 0.416 e. The van der Waals surface area contributed by atoms with Gasteiger partial charge in [0.25, 0.3) is 11.1 Å². The van der Waals surface area contributed by atoms with Crippen LogP contribution in [-0.2, 0) is 12.4 Å². The number of hydrogen-bond donors (Lipinski definition) is 0. The number of allylic oxidation sites excluding steroid dienone is 4. The molecule has 4 atom stereocenters. The van der Waals surface area contributed by atoms with Gasteiger partial charge in [-0.2, -0.15) is 26.3 Å². The van der Waals surface area contributed by atoms with Gasteiger partial charge in [0.15, 0.2) is 0 Å². The summed E-state index contributed by atoms with van der Waals surface area (Å²) in [6, 6.07) is 15.0. The first-order valence-corrected chi connectivity index (χ1v) is 16.5. The molecule has 4 aliphatic rings. The van der Waals surface area contributed by atoms with Gasteiger partial charge in [-0.25, -0.2) is 0 Å². The van der Waals surface area contributed by atoms with E-state index in [1.54, 1.807) is 45.6 Å². The summed E-state index contributed by atoms with van der Waals surface area (Å²) in [5, 5.41) is 3.37. The fourth-order valence-electron chi connectivity index (χ4n) is 8.13. The Morgan fingerprint density at radius 1 is 0.500 bits per heavy atom. The molecule has 0 radical (unpaired) electrons. The van der Waals surface area contributed by atoms with Gasteiger partial charge in [-0.15, -0.1) is 0 Å². The molecule has 0 bridgehead atoms. The van der Waals surface area contributed by atoms with Gasteiger partial charge in [0.1, 0.15) is 11.0 Å². The molecule has 6 aromatic rings. The number of nitrogens with zero attached hydrogens (tertiary/aromatic N) is 4. The van der Waals surface area contributed by atoms with Crippen molar-refractivity contribution in [2.24, 2.45) is 9.98 Å². The maximum atomic E-state index is 14.3. The van der Waals surface area contributed by atoms with Gasteiger partial charge >= 0.3 is 12.4 Å². The van der Waals surface area contributed by atoms with Crippen LogP contribution in [0.2, 0.25) is 0 Å². The van der Waals surface area contributed by atoms with Crippen LogP contribution in [0, 0.1) is 0 Å². The Kier molecular flexibility index (Phi) is 6.08. The summed E-state index contributed by atoms with van der Waals surface area (Å²) in [5.41, 5.74) is 1.32. The Morgan fingerprint density at radius 2 is 0.865 bits per heavy atom. The highest BCUT2D eigenvalue weighted by Crippen LogP contribution is 2.38. The summed E-state index contributed by atoms with van der Waals surface area (Å²) in [6.07, 6.45) is 2.09. The minimum atomic E-state index is -4.45. The highest BCUT2D eigenvalue weighted by atomic mass is 19.4. The predicted molar refractivity (Wildman–Crippen MR) is 184 cm³/mol. The van der Waals surface area contributed by atoms with Crippen molar-refractivity contribution in [1.82, 2.24) is 9.13 Å². The van der Waals surface area contributed by atoms with Crippen LogP contribution < -0.4 is 22.1 Å². The monoisotopic (exact) mass is 704 g/mol. The number of benzene rings is 4. The molecule has 0 saturated carbocycles. The van der Waals surface area contributed by atoms with Crippen LogP contribution >= 0.6 is 0 Å². The second kappa shape index (κ2) is 10.3. The Morgan fingerprint density at radius 3 is 1.23 bits per heavy atom. The molecular formula is C40H22F6N4O2. The van der Waals surface area contributed by atoms with Crippen LogP contribution in [0.15, 0.2) is 129 Å². The highest BCUT2D eigenvalue weighted by molar-refractivity contribution is 6.22. The fraction of sp³-hybridized carbons (Fsp3) is 0.150. The van der Waals surface area contributed by atoms with Crippen LogP contribution in [0.3, 0.4) is 0 Å². The van der Waals surface area contributed by atoms with E-state index in [-0.39, 0.29) is 11.1 Å². The number of alkyl halides is 6. The van der Waals surface area contributed by atoms with Gasteiger partial charge in [0, 0.05) is 32.3 Å². The molecule has 0 saturated heterocycles. The van der Waals surface area contributed by atoms with Crippen LogP contribution in [0.25, 0.3) is 43.5 Å². The lowest BCUT2D eigenvalue weighted by molar-refractivity contribution is -0.138. The van der Waals surface area contributed by atoms with Crippen molar-refractivity contribution in [2.75, 3.05) is 0 Å². The van der Waals surface area contributed by atoms with E-state index in [4.69, 9.17) is 9.98 Å². The van der Waals surface area contributed by atoms with Gasteiger partial charge in [-0.05, 0) is 70.8 Å². The molecule has 2 aliphatic heterocycles. The van der Waals surface area contributed by atoms with Crippen LogP contribution in [-0.4, -0.2) is 21.2 Å². The number of halogens is 6. The van der Waals surface area contributed by atoms with E-state index in [2.05, 4.69) is 0 Å². The minimum Gasteiger partial charge on any atom is -0.283 e. The minimum absolute atomic E-state index is 0.301. The molecule has 2 aromatic heterocycles. The molecule has 0 fully saturated rings. The molecule has 12 heteroatoms. The zero-order valence-corrected chi connectivity index (χ0v) is 26.6. The van der Waals surface area contributed by atoms with E-state index in [1.807, 2.05) is 24.3 Å².